The highest BCUT2D eigenvalue weighted by atomic mass is 16.5. The Morgan fingerprint density at radius 2 is 1.88 bits per heavy atom. The average molecular weight is 358 g/mol. The van der Waals surface area contributed by atoms with Gasteiger partial charge in [-0.1, -0.05) is 18.2 Å². The molecule has 140 valence electrons. The lowest BCUT2D eigenvalue weighted by Gasteiger charge is -2.17. The lowest BCUT2D eigenvalue weighted by molar-refractivity contribution is -0.134. The number of rotatable bonds is 4. The van der Waals surface area contributed by atoms with E-state index in [-0.39, 0.29) is 12.7 Å². The number of carbonyl (C=O) groups is 1. The van der Waals surface area contributed by atoms with Gasteiger partial charge in [0.15, 0.2) is 0 Å². The van der Waals surface area contributed by atoms with E-state index < -0.39 is 5.97 Å². The smallest absolute Gasteiger partial charge is 0.300 e. The van der Waals surface area contributed by atoms with Crippen LogP contribution in [-0.2, 0) is 16.1 Å². The van der Waals surface area contributed by atoms with E-state index in [1.807, 2.05) is 18.2 Å². The molecule has 3 rings (SSSR count). The molecule has 0 spiro atoms. The Kier molecular flexibility index (Phi) is 7.18. The molecule has 2 aromatic rings. The molecule has 1 atom stereocenters. The first-order valence-corrected chi connectivity index (χ1v) is 8.66. The molecule has 1 unspecified atom stereocenters. The Morgan fingerprint density at radius 3 is 2.42 bits per heavy atom. The van der Waals surface area contributed by atoms with E-state index in [1.165, 1.54) is 16.7 Å². The summed E-state index contributed by atoms with van der Waals surface area (Å²) >= 11 is 0. The summed E-state index contributed by atoms with van der Waals surface area (Å²) in [5, 5.41) is 16.7. The fourth-order valence-corrected chi connectivity index (χ4v) is 3.07. The van der Waals surface area contributed by atoms with Gasteiger partial charge < -0.3 is 19.7 Å². The van der Waals surface area contributed by atoms with Crippen LogP contribution in [0.5, 0.6) is 5.75 Å². The quantitative estimate of drug-likeness (QED) is 0.871. The van der Waals surface area contributed by atoms with Gasteiger partial charge in [-0.25, -0.2) is 0 Å². The standard InChI is InChI=1S/C19H22O3.C2H4O2/c1-13-8-18(22-17-6-7-21-12-17)9-14(2)19(13)16-5-3-4-15(10-16)11-20;1-2(3)4/h3-5,8-10,17,20H,6-7,11-12H2,1-2H3;1H3,(H,3,4). The van der Waals surface area contributed by atoms with Crippen molar-refractivity contribution in [3.8, 4) is 16.9 Å². The van der Waals surface area contributed by atoms with Crippen LogP contribution in [0.15, 0.2) is 36.4 Å². The van der Waals surface area contributed by atoms with Gasteiger partial charge in [0.25, 0.3) is 5.97 Å². The van der Waals surface area contributed by atoms with Crippen molar-refractivity contribution < 1.29 is 24.5 Å². The number of aliphatic hydroxyl groups is 1. The van der Waals surface area contributed by atoms with E-state index in [0.717, 1.165) is 36.8 Å². The minimum absolute atomic E-state index is 0.0643. The maximum Gasteiger partial charge on any atom is 0.300 e. The number of carboxylic acid groups (broad SMARTS) is 1. The van der Waals surface area contributed by atoms with E-state index >= 15 is 0 Å². The van der Waals surface area contributed by atoms with Crippen molar-refractivity contribution in [1.29, 1.82) is 0 Å². The second-order valence-corrected chi connectivity index (χ2v) is 6.41. The predicted octanol–water partition coefficient (Wildman–Crippen LogP) is 3.72. The van der Waals surface area contributed by atoms with Crippen LogP contribution < -0.4 is 4.74 Å². The number of hydrogen-bond donors (Lipinski definition) is 2. The molecule has 1 heterocycles. The van der Waals surface area contributed by atoms with Gasteiger partial charge in [-0.15, -0.1) is 0 Å². The highest BCUT2D eigenvalue weighted by Crippen LogP contribution is 2.32. The largest absolute Gasteiger partial charge is 0.488 e. The Labute approximate surface area is 154 Å². The van der Waals surface area contributed by atoms with Gasteiger partial charge in [0.1, 0.15) is 11.9 Å². The monoisotopic (exact) mass is 358 g/mol. The molecule has 1 aliphatic rings. The number of hydrogen-bond acceptors (Lipinski definition) is 4. The molecule has 1 aliphatic heterocycles. The van der Waals surface area contributed by atoms with Crippen LogP contribution >= 0.6 is 0 Å². The number of aliphatic hydroxyl groups excluding tert-OH is 1. The SMILES string of the molecule is CC(=O)O.Cc1cc(OC2CCOC2)cc(C)c1-c1cccc(CO)c1. The van der Waals surface area contributed by atoms with Gasteiger partial charge in [-0.2, -0.15) is 0 Å². The summed E-state index contributed by atoms with van der Waals surface area (Å²) in [4.78, 5) is 9.00. The Balaban J connectivity index is 0.000000552. The number of ether oxygens (including phenoxy) is 2. The fourth-order valence-electron chi connectivity index (χ4n) is 3.07. The molecule has 5 heteroatoms. The second-order valence-electron chi connectivity index (χ2n) is 6.41. The molecule has 0 bridgehead atoms. The van der Waals surface area contributed by atoms with Gasteiger partial charge in [-0.05, 0) is 59.9 Å². The summed E-state index contributed by atoms with van der Waals surface area (Å²) in [5.41, 5.74) is 5.65. The van der Waals surface area contributed by atoms with Crippen LogP contribution in [0.1, 0.15) is 30.0 Å². The second kappa shape index (κ2) is 9.36. The van der Waals surface area contributed by atoms with E-state index in [4.69, 9.17) is 19.4 Å². The molecule has 1 fully saturated rings. The summed E-state index contributed by atoms with van der Waals surface area (Å²) < 4.78 is 11.4. The highest BCUT2D eigenvalue weighted by molar-refractivity contribution is 5.72. The zero-order chi connectivity index (χ0) is 19.1. The normalized spacial score (nSPS) is 15.9. The van der Waals surface area contributed by atoms with Crippen molar-refractivity contribution in [3.63, 3.8) is 0 Å². The van der Waals surface area contributed by atoms with Gasteiger partial charge in [-0.3, -0.25) is 4.79 Å². The van der Waals surface area contributed by atoms with Crippen LogP contribution in [0, 0.1) is 13.8 Å². The zero-order valence-electron chi connectivity index (χ0n) is 15.5. The summed E-state index contributed by atoms with van der Waals surface area (Å²) in [6, 6.07) is 12.2. The zero-order valence-corrected chi connectivity index (χ0v) is 15.5. The molecule has 0 saturated carbocycles. The average Bonchev–Trinajstić information content (AvgIpc) is 3.07. The molecule has 0 aromatic heterocycles. The molecule has 0 radical (unpaired) electrons. The van der Waals surface area contributed by atoms with Gasteiger partial charge in [0.2, 0.25) is 0 Å². The lowest BCUT2D eigenvalue weighted by Crippen LogP contribution is -2.15. The van der Waals surface area contributed by atoms with Crippen molar-refractivity contribution in [2.24, 2.45) is 0 Å². The minimum Gasteiger partial charge on any atom is -0.488 e. The number of aliphatic carboxylic acids is 1. The molecule has 2 N–H and O–H groups in total. The third kappa shape index (κ3) is 5.58. The summed E-state index contributed by atoms with van der Waals surface area (Å²) in [7, 11) is 0. The van der Waals surface area contributed by atoms with Crippen LogP contribution in [-0.4, -0.2) is 35.5 Å². The van der Waals surface area contributed by atoms with Crippen LogP contribution in [0.2, 0.25) is 0 Å². The lowest BCUT2D eigenvalue weighted by atomic mass is 9.94. The molecule has 1 saturated heterocycles. The summed E-state index contributed by atoms with van der Waals surface area (Å²) in [5.74, 6) is 0.0764. The maximum atomic E-state index is 9.32. The predicted molar refractivity (Wildman–Crippen MR) is 100 cm³/mol. The van der Waals surface area contributed by atoms with Crippen LogP contribution in [0.4, 0.5) is 0 Å². The number of aryl methyl sites for hydroxylation is 2. The van der Waals surface area contributed by atoms with Crippen molar-refractivity contribution >= 4 is 5.97 Å². The van der Waals surface area contributed by atoms with Crippen molar-refractivity contribution in [3.05, 3.63) is 53.1 Å². The number of carboxylic acids is 1. The van der Waals surface area contributed by atoms with E-state index in [0.29, 0.717) is 6.61 Å². The number of benzene rings is 2. The molecule has 5 nitrogen and oxygen atoms in total. The Morgan fingerprint density at radius 1 is 1.23 bits per heavy atom. The first-order valence-electron chi connectivity index (χ1n) is 8.66. The molecular formula is C21H26O5. The first-order chi connectivity index (χ1) is 12.4. The van der Waals surface area contributed by atoms with E-state index in [1.54, 1.807) is 0 Å². The molecule has 0 amide bonds. The van der Waals surface area contributed by atoms with Crippen molar-refractivity contribution in [1.82, 2.24) is 0 Å². The molecular weight excluding hydrogens is 332 g/mol. The van der Waals surface area contributed by atoms with Gasteiger partial charge in [0, 0.05) is 13.3 Å². The summed E-state index contributed by atoms with van der Waals surface area (Å²) in [6.45, 7) is 6.82. The first kappa shape index (κ1) is 19.9. The topological polar surface area (TPSA) is 76.0 Å². The third-order valence-electron chi connectivity index (χ3n) is 4.10. The van der Waals surface area contributed by atoms with Gasteiger partial charge >= 0.3 is 0 Å². The Bertz CT molecular complexity index is 721. The van der Waals surface area contributed by atoms with Crippen LogP contribution in [0.3, 0.4) is 0 Å². The van der Waals surface area contributed by atoms with Gasteiger partial charge in [0.05, 0.1) is 19.8 Å². The molecule has 0 aliphatic carbocycles. The van der Waals surface area contributed by atoms with Crippen molar-refractivity contribution in [2.45, 2.75) is 39.9 Å². The third-order valence-corrected chi connectivity index (χ3v) is 4.10. The minimum atomic E-state index is -0.833. The van der Waals surface area contributed by atoms with Crippen LogP contribution in [0.25, 0.3) is 11.1 Å². The maximum absolute atomic E-state index is 9.32. The van der Waals surface area contributed by atoms with E-state index in [9.17, 15) is 5.11 Å². The van der Waals surface area contributed by atoms with E-state index in [2.05, 4.69) is 32.0 Å². The van der Waals surface area contributed by atoms with Crippen molar-refractivity contribution in [2.75, 3.05) is 13.2 Å². The molecule has 26 heavy (non-hydrogen) atoms. The Hall–Kier alpha value is -2.37. The highest BCUT2D eigenvalue weighted by Gasteiger charge is 2.18. The summed E-state index contributed by atoms with van der Waals surface area (Å²) in [6.07, 6.45) is 1.13. The fraction of sp³-hybridized carbons (Fsp3) is 0.381. The molecule has 2 aromatic carbocycles.